The molecule has 0 unspecified atom stereocenters. The average Bonchev–Trinajstić information content (AvgIpc) is 2.29. The number of nitrogens with zero attached hydrogens (tertiary/aromatic N) is 1. The Bertz CT molecular complexity index is 341. The monoisotopic (exact) mass is 221 g/mol. The number of hydrogen-bond donors (Lipinski definition) is 0. The second-order valence-corrected chi connectivity index (χ2v) is 4.97. The Morgan fingerprint density at radius 2 is 1.93 bits per heavy atom. The number of aryl methyl sites for hydroxylation is 1. The number of rotatable bonds is 1. The molecule has 5 heteroatoms. The summed E-state index contributed by atoms with van der Waals surface area (Å²) in [5.74, 6) is -1.19. The minimum atomic E-state index is -1.19. The minimum Gasteiger partial charge on any atom is -0.542 e. The summed E-state index contributed by atoms with van der Waals surface area (Å²) in [5.41, 5.74) is 0.742. The van der Waals surface area contributed by atoms with Crippen LogP contribution >= 0.6 is 11.3 Å². The van der Waals surface area contributed by atoms with E-state index in [2.05, 4.69) is 4.98 Å². The van der Waals surface area contributed by atoms with Gasteiger partial charge in [-0.25, -0.2) is 4.98 Å². The van der Waals surface area contributed by atoms with Gasteiger partial charge in [0.1, 0.15) is 11.0 Å². The number of aromatic nitrogens is 1. The predicted molar refractivity (Wildman–Crippen MR) is 49.9 cm³/mol. The maximum Gasteiger partial charge on any atom is 1.00 e. The summed E-state index contributed by atoms with van der Waals surface area (Å²) in [7, 11) is 0. The quantitative estimate of drug-likeness (QED) is 0.521. The Balaban J connectivity index is 0.00000169. The van der Waals surface area contributed by atoms with E-state index in [4.69, 9.17) is 0 Å². The van der Waals surface area contributed by atoms with Crippen LogP contribution in [-0.4, -0.2) is 11.0 Å². The fourth-order valence-corrected chi connectivity index (χ4v) is 2.14. The Morgan fingerprint density at radius 3 is 2.14 bits per heavy atom. The number of hydrogen-bond acceptors (Lipinski definition) is 4. The Hall–Kier alpha value is 0.100. The molecule has 0 saturated carbocycles. The van der Waals surface area contributed by atoms with Gasteiger partial charge in [-0.1, -0.05) is 20.8 Å². The van der Waals surface area contributed by atoms with Crippen LogP contribution in [0, 0.1) is 6.92 Å². The maximum atomic E-state index is 10.5. The van der Waals surface area contributed by atoms with E-state index < -0.39 is 5.97 Å². The van der Waals surface area contributed by atoms with Crippen LogP contribution in [-0.2, 0) is 5.41 Å². The van der Waals surface area contributed by atoms with Crippen LogP contribution in [0.2, 0.25) is 0 Å². The molecule has 1 rings (SSSR count). The molecular weight excluding hydrogens is 209 g/mol. The third kappa shape index (κ3) is 3.05. The number of carboxylic acids is 1. The molecular formula is C9H12NNaO2S. The molecule has 0 saturated heterocycles. The van der Waals surface area contributed by atoms with Crippen LogP contribution in [0.25, 0.3) is 0 Å². The van der Waals surface area contributed by atoms with E-state index in [0.29, 0.717) is 0 Å². The molecule has 0 aliphatic carbocycles. The van der Waals surface area contributed by atoms with Gasteiger partial charge in [0.15, 0.2) is 0 Å². The second-order valence-electron chi connectivity index (χ2n) is 3.97. The van der Waals surface area contributed by atoms with Gasteiger partial charge < -0.3 is 9.90 Å². The van der Waals surface area contributed by atoms with E-state index in [0.717, 1.165) is 10.6 Å². The summed E-state index contributed by atoms with van der Waals surface area (Å²) in [6, 6.07) is 0. The molecule has 0 aliphatic rings. The van der Waals surface area contributed by atoms with Gasteiger partial charge in [-0.2, -0.15) is 0 Å². The zero-order valence-electron chi connectivity index (χ0n) is 9.17. The fourth-order valence-electron chi connectivity index (χ4n) is 1.18. The zero-order chi connectivity index (χ0) is 10.2. The molecule has 0 aliphatic heterocycles. The zero-order valence-corrected chi connectivity index (χ0v) is 12.0. The molecule has 0 fully saturated rings. The van der Waals surface area contributed by atoms with Gasteiger partial charge in [0, 0.05) is 4.88 Å². The first kappa shape index (κ1) is 14.1. The van der Waals surface area contributed by atoms with Crippen molar-refractivity contribution in [2.45, 2.75) is 33.1 Å². The molecule has 1 aromatic heterocycles. The summed E-state index contributed by atoms with van der Waals surface area (Å²) in [6.07, 6.45) is 0. The van der Waals surface area contributed by atoms with Crippen LogP contribution in [0.4, 0.5) is 0 Å². The van der Waals surface area contributed by atoms with Gasteiger partial charge in [0.2, 0.25) is 0 Å². The molecule has 0 amide bonds. The molecule has 1 heterocycles. The third-order valence-corrected chi connectivity index (χ3v) is 3.22. The standard InChI is InChI=1S/C9H13NO2S.Na/c1-5-6(9(2,3)4)13-7(10-5)8(11)12;/h1-4H3,(H,11,12);/q;+1/p-1. The first-order valence-electron chi connectivity index (χ1n) is 4.01. The molecule has 0 bridgehead atoms. The van der Waals surface area contributed by atoms with Crippen LogP contribution in [0.15, 0.2) is 0 Å². The van der Waals surface area contributed by atoms with E-state index in [-0.39, 0.29) is 40.0 Å². The van der Waals surface area contributed by atoms with Crippen LogP contribution in [0.5, 0.6) is 0 Å². The molecule has 0 N–H and O–H groups in total. The van der Waals surface area contributed by atoms with Gasteiger partial charge in [-0.15, -0.1) is 11.3 Å². The van der Waals surface area contributed by atoms with Crippen molar-refractivity contribution in [3.8, 4) is 0 Å². The normalized spacial score (nSPS) is 10.9. The first-order valence-corrected chi connectivity index (χ1v) is 4.83. The Kier molecular flexibility index (Phi) is 4.78. The van der Waals surface area contributed by atoms with Crippen molar-refractivity contribution in [3.05, 3.63) is 15.6 Å². The number of aromatic carboxylic acids is 1. The van der Waals surface area contributed by atoms with Crippen molar-refractivity contribution in [1.82, 2.24) is 4.98 Å². The maximum absolute atomic E-state index is 10.5. The third-order valence-electron chi connectivity index (χ3n) is 1.65. The van der Waals surface area contributed by atoms with E-state index in [1.807, 2.05) is 27.7 Å². The second kappa shape index (κ2) is 4.75. The molecule has 3 nitrogen and oxygen atoms in total. The molecule has 0 radical (unpaired) electrons. The van der Waals surface area contributed by atoms with Crippen molar-refractivity contribution in [3.63, 3.8) is 0 Å². The van der Waals surface area contributed by atoms with Crippen molar-refractivity contribution in [2.24, 2.45) is 0 Å². The van der Waals surface area contributed by atoms with Crippen LogP contribution in [0.1, 0.15) is 41.1 Å². The largest absolute Gasteiger partial charge is 1.00 e. The first-order chi connectivity index (χ1) is 5.82. The molecule has 0 spiro atoms. The smallest absolute Gasteiger partial charge is 0.542 e. The van der Waals surface area contributed by atoms with Crippen molar-refractivity contribution in [2.75, 3.05) is 0 Å². The Labute approximate surface area is 110 Å². The number of carbonyl (C=O) groups is 1. The van der Waals surface area contributed by atoms with Crippen LogP contribution in [0.3, 0.4) is 0 Å². The molecule has 1 aromatic rings. The van der Waals surface area contributed by atoms with Gasteiger partial charge in [-0.3, -0.25) is 0 Å². The average molecular weight is 221 g/mol. The Morgan fingerprint density at radius 1 is 1.43 bits per heavy atom. The van der Waals surface area contributed by atoms with E-state index in [1.165, 1.54) is 11.3 Å². The molecule has 72 valence electrons. The van der Waals surface area contributed by atoms with E-state index in [9.17, 15) is 9.90 Å². The predicted octanol–water partition coefficient (Wildman–Crippen LogP) is -1.88. The van der Waals surface area contributed by atoms with E-state index in [1.54, 1.807) is 0 Å². The number of thiazole rings is 1. The number of carboxylic acid groups (broad SMARTS) is 1. The van der Waals surface area contributed by atoms with Crippen LogP contribution < -0.4 is 34.7 Å². The summed E-state index contributed by atoms with van der Waals surface area (Å²) < 4.78 is 0. The van der Waals surface area contributed by atoms with Gasteiger partial charge in [-0.05, 0) is 12.3 Å². The minimum absolute atomic E-state index is 0. The van der Waals surface area contributed by atoms with Crippen molar-refractivity contribution >= 4 is 17.3 Å². The van der Waals surface area contributed by atoms with Gasteiger partial charge in [0.05, 0.1) is 5.69 Å². The SMILES string of the molecule is Cc1nc(C(=O)[O-])sc1C(C)(C)C.[Na+]. The fraction of sp³-hybridized carbons (Fsp3) is 0.556. The number of carbonyl (C=O) groups excluding carboxylic acids is 1. The molecule has 0 atom stereocenters. The van der Waals surface area contributed by atoms with E-state index >= 15 is 0 Å². The summed E-state index contributed by atoms with van der Waals surface area (Å²) in [5, 5.41) is 10.6. The van der Waals surface area contributed by atoms with Crippen molar-refractivity contribution < 1.29 is 39.5 Å². The summed E-state index contributed by atoms with van der Waals surface area (Å²) in [4.78, 5) is 15.5. The van der Waals surface area contributed by atoms with Gasteiger partial charge in [0.25, 0.3) is 0 Å². The molecule has 14 heavy (non-hydrogen) atoms. The topological polar surface area (TPSA) is 53.0 Å². The van der Waals surface area contributed by atoms with Gasteiger partial charge >= 0.3 is 29.6 Å². The van der Waals surface area contributed by atoms with Crippen molar-refractivity contribution in [1.29, 1.82) is 0 Å². The summed E-state index contributed by atoms with van der Waals surface area (Å²) in [6.45, 7) is 7.93. The summed E-state index contributed by atoms with van der Waals surface area (Å²) >= 11 is 1.20. The molecule has 0 aromatic carbocycles.